The molecule has 0 aliphatic carbocycles. The van der Waals surface area contributed by atoms with E-state index in [1.807, 2.05) is 0 Å². The van der Waals surface area contributed by atoms with Crippen LogP contribution in [-0.2, 0) is 0 Å². The number of benzene rings is 2. The van der Waals surface area contributed by atoms with Gasteiger partial charge in [0.15, 0.2) is 0 Å². The molecule has 8 nitrogen and oxygen atoms in total. The molecular weight excluding hydrogens is 1020 g/mol. The molecule has 0 fully saturated rings. The van der Waals surface area contributed by atoms with Gasteiger partial charge in [0.2, 0.25) is 0 Å². The third-order valence-corrected chi connectivity index (χ3v) is 15.0. The summed E-state index contributed by atoms with van der Waals surface area (Å²) in [6, 6.07) is 23.6. The van der Waals surface area contributed by atoms with Crippen molar-refractivity contribution in [2.24, 2.45) is 0 Å². The summed E-state index contributed by atoms with van der Waals surface area (Å²) < 4.78 is 27.1. The molecule has 2 N–H and O–H groups in total. The topological polar surface area (TPSA) is 94.3 Å². The summed E-state index contributed by atoms with van der Waals surface area (Å²) in [6.07, 6.45) is 37.6. The zero-order valence-corrected chi connectivity index (χ0v) is 47.0. The fourth-order valence-electron chi connectivity index (χ4n) is 9.77. The number of nitrogens with zero attached hydrogens (tertiary/aromatic N) is 2. The highest BCUT2D eigenvalue weighted by Gasteiger charge is 2.19. The minimum Gasteiger partial charge on any atom is -0.493 e. The Kier molecular flexibility index (Phi) is 23.7. The number of halogens is 1. The standard InChI is InChI=1S/C64H85IN4O4/c1-5-9-13-17-21-25-37-70-52-41-48(42-53(46-52)71-38-26-22-18-14-10-6-2)62-56-31-29-50(66-56)45-51-30-32-57(67-51)63(59-34-36-61(69-59)64(65)60-35-33-58(62)68-60)49-43-54(72-39-27-23-19-15-11-7-3)47-55(44-49)73-40-28-24-20-16-12-8-4/h29-36,41-47,66-67H,5-28,37-40H2,1-4H3. The van der Waals surface area contributed by atoms with E-state index in [2.05, 4.69) is 151 Å². The van der Waals surface area contributed by atoms with Crippen LogP contribution in [-0.4, -0.2) is 46.4 Å². The molecule has 392 valence electrons. The summed E-state index contributed by atoms with van der Waals surface area (Å²) >= 11 is 2.43. The summed E-state index contributed by atoms with van der Waals surface area (Å²) in [5.41, 5.74) is 11.3. The van der Waals surface area contributed by atoms with Crippen molar-refractivity contribution in [2.45, 2.75) is 182 Å². The van der Waals surface area contributed by atoms with E-state index in [1.54, 1.807) is 0 Å². The van der Waals surface area contributed by atoms with Crippen LogP contribution >= 0.6 is 22.6 Å². The van der Waals surface area contributed by atoms with Gasteiger partial charge in [-0.15, -0.1) is 0 Å². The summed E-state index contributed by atoms with van der Waals surface area (Å²) in [5, 5.41) is 0. The Hall–Kier alpha value is -5.03. The first-order valence-corrected chi connectivity index (χ1v) is 29.6. The molecule has 0 spiro atoms. The van der Waals surface area contributed by atoms with Gasteiger partial charge in [-0.2, -0.15) is 0 Å². The van der Waals surface area contributed by atoms with Crippen molar-refractivity contribution in [2.75, 3.05) is 26.4 Å². The predicted octanol–water partition coefficient (Wildman–Crippen LogP) is 19.6. The third kappa shape index (κ3) is 17.5. The maximum Gasteiger partial charge on any atom is 0.123 e. The first-order valence-electron chi connectivity index (χ1n) is 28.6. The van der Waals surface area contributed by atoms with Crippen LogP contribution in [0.2, 0.25) is 0 Å². The third-order valence-electron chi connectivity index (χ3n) is 13.9. The van der Waals surface area contributed by atoms with Crippen LogP contribution < -0.4 is 18.9 Å². The van der Waals surface area contributed by atoms with E-state index in [0.29, 0.717) is 26.4 Å². The van der Waals surface area contributed by atoms with E-state index in [4.69, 9.17) is 28.9 Å². The van der Waals surface area contributed by atoms with Gasteiger partial charge in [-0.1, -0.05) is 156 Å². The van der Waals surface area contributed by atoms with Crippen LogP contribution in [0.5, 0.6) is 23.0 Å². The molecule has 73 heavy (non-hydrogen) atoms. The van der Waals surface area contributed by atoms with E-state index >= 15 is 0 Å². The molecule has 5 heterocycles. The molecule has 0 atom stereocenters. The summed E-state index contributed by atoms with van der Waals surface area (Å²) in [6.45, 7) is 11.8. The molecule has 2 aliphatic heterocycles. The van der Waals surface area contributed by atoms with E-state index in [1.165, 1.54) is 128 Å². The second kappa shape index (κ2) is 31.0. The first kappa shape index (κ1) is 55.7. The van der Waals surface area contributed by atoms with Gasteiger partial charge in [-0.3, -0.25) is 0 Å². The second-order valence-corrected chi connectivity index (χ2v) is 21.2. The maximum atomic E-state index is 6.54. The zero-order chi connectivity index (χ0) is 50.9. The quantitative estimate of drug-likeness (QED) is 0.0308. The van der Waals surface area contributed by atoms with Gasteiger partial charge in [0.25, 0.3) is 0 Å². The van der Waals surface area contributed by atoms with Crippen LogP contribution in [0.1, 0.15) is 205 Å². The normalized spacial score (nSPS) is 12.0. The second-order valence-electron chi connectivity index (χ2n) is 20.1. The predicted molar refractivity (Wildman–Crippen MR) is 318 cm³/mol. The Morgan fingerprint density at radius 3 is 0.986 bits per heavy atom. The smallest absolute Gasteiger partial charge is 0.123 e. The highest BCUT2D eigenvalue weighted by atomic mass is 127. The Bertz CT molecular complexity index is 2450. The molecule has 3 aromatic heterocycles. The Balaban J connectivity index is 1.27. The van der Waals surface area contributed by atoms with Crippen molar-refractivity contribution in [3.05, 3.63) is 93.1 Å². The number of H-pyrrole nitrogens is 2. The van der Waals surface area contributed by atoms with Gasteiger partial charge in [0.1, 0.15) is 23.0 Å². The van der Waals surface area contributed by atoms with Crippen molar-refractivity contribution in [3.63, 3.8) is 0 Å². The Morgan fingerprint density at radius 2 is 0.658 bits per heavy atom. The number of aromatic nitrogens is 4. The molecule has 2 aromatic carbocycles. The van der Waals surface area contributed by atoms with Crippen molar-refractivity contribution >= 4 is 69.0 Å². The molecule has 0 saturated heterocycles. The number of nitrogens with one attached hydrogen (secondary N) is 2. The van der Waals surface area contributed by atoms with E-state index in [9.17, 15) is 0 Å². The average Bonchev–Trinajstić information content (AvgIpc) is 4.25. The minimum atomic E-state index is 0.674. The van der Waals surface area contributed by atoms with Gasteiger partial charge in [0, 0.05) is 45.3 Å². The van der Waals surface area contributed by atoms with E-state index < -0.39 is 0 Å². The molecule has 9 heteroatoms. The molecule has 0 amide bonds. The average molecular weight is 1100 g/mol. The molecule has 5 aromatic rings. The molecule has 0 radical (unpaired) electrons. The van der Waals surface area contributed by atoms with Crippen LogP contribution in [0.3, 0.4) is 0 Å². The van der Waals surface area contributed by atoms with Crippen LogP contribution in [0.15, 0.2) is 66.7 Å². The van der Waals surface area contributed by atoms with Gasteiger partial charge in [-0.25, -0.2) is 9.97 Å². The van der Waals surface area contributed by atoms with Crippen LogP contribution in [0.25, 0.3) is 68.6 Å². The Labute approximate surface area is 451 Å². The maximum absolute atomic E-state index is 6.54. The number of rotatable bonds is 34. The van der Waals surface area contributed by atoms with Crippen molar-refractivity contribution in [3.8, 4) is 45.3 Å². The van der Waals surface area contributed by atoms with Gasteiger partial charge < -0.3 is 28.9 Å². The van der Waals surface area contributed by atoms with Crippen molar-refractivity contribution in [1.29, 1.82) is 0 Å². The summed E-state index contributed by atoms with van der Waals surface area (Å²) in [5.74, 6) is 3.28. The van der Waals surface area contributed by atoms with E-state index in [-0.39, 0.29) is 0 Å². The van der Waals surface area contributed by atoms with Crippen molar-refractivity contribution < 1.29 is 18.9 Å². The molecular formula is C64H85IN4O4. The molecule has 8 bridgehead atoms. The highest BCUT2D eigenvalue weighted by molar-refractivity contribution is 14.1. The number of fused-ring (bicyclic) bond motifs is 8. The molecule has 0 saturated carbocycles. The van der Waals surface area contributed by atoms with Gasteiger partial charge in [-0.05, 0) is 138 Å². The lowest BCUT2D eigenvalue weighted by Crippen LogP contribution is -2.01. The fourth-order valence-corrected chi connectivity index (χ4v) is 10.4. The molecule has 0 unspecified atom stereocenters. The lowest BCUT2D eigenvalue weighted by molar-refractivity contribution is 0.289. The monoisotopic (exact) mass is 1100 g/mol. The Morgan fingerprint density at radius 1 is 0.356 bits per heavy atom. The number of aromatic amines is 2. The lowest BCUT2D eigenvalue weighted by Gasteiger charge is -2.14. The number of unbranched alkanes of at least 4 members (excludes halogenated alkanes) is 20. The minimum absolute atomic E-state index is 0.674. The number of ether oxygens (including phenoxy) is 4. The first-order chi connectivity index (χ1) is 36.0. The van der Waals surface area contributed by atoms with E-state index in [0.717, 1.165) is 119 Å². The number of hydrogen-bond acceptors (Lipinski definition) is 6. The molecule has 2 aliphatic rings. The van der Waals surface area contributed by atoms with Crippen LogP contribution in [0.4, 0.5) is 0 Å². The van der Waals surface area contributed by atoms with Gasteiger partial charge in [0.05, 0.1) is 52.8 Å². The van der Waals surface area contributed by atoms with Crippen LogP contribution in [0, 0.1) is 3.57 Å². The SMILES string of the molecule is CCCCCCCCOc1cc(OCCCCCCCC)cc(-c2c3nc(c(I)c4nc(c(-c5cc(OCCCCCCCC)cc(OCCCCCCCC)c5)c5ccc(cc6ccc2[nH]6)[nH]5)C=C4)C=C3)c1. The van der Waals surface area contributed by atoms with Gasteiger partial charge >= 0.3 is 0 Å². The fraction of sp³-hybridized carbons (Fsp3) is 0.500. The summed E-state index contributed by atoms with van der Waals surface area (Å²) in [7, 11) is 0. The summed E-state index contributed by atoms with van der Waals surface area (Å²) in [4.78, 5) is 18.3. The van der Waals surface area contributed by atoms with Crippen molar-refractivity contribution in [1.82, 2.24) is 19.9 Å². The zero-order valence-electron chi connectivity index (χ0n) is 44.9. The largest absolute Gasteiger partial charge is 0.493 e. The molecule has 7 rings (SSSR count). The lowest BCUT2D eigenvalue weighted by atomic mass is 10.0. The number of hydrogen-bond donors (Lipinski definition) is 2. The highest BCUT2D eigenvalue weighted by Crippen LogP contribution is 2.39.